The average Bonchev–Trinajstić information content (AvgIpc) is 2.84. The first-order valence-corrected chi connectivity index (χ1v) is 14.6. The summed E-state index contributed by atoms with van der Waals surface area (Å²) in [5, 5.41) is -1.59. The molecule has 0 unspecified atom stereocenters. The quantitative estimate of drug-likeness (QED) is 0.116. The second kappa shape index (κ2) is 14.7. The van der Waals surface area contributed by atoms with Gasteiger partial charge in [0.1, 0.15) is 11.1 Å². The molecule has 0 aliphatic carbocycles. The summed E-state index contributed by atoms with van der Waals surface area (Å²) in [5.41, 5.74) is -1.28. The minimum Gasteiger partial charge on any atom is -0.462 e. The zero-order chi connectivity index (χ0) is 32.2. The molecule has 2 aromatic rings. The van der Waals surface area contributed by atoms with Crippen molar-refractivity contribution in [2.24, 2.45) is 10.8 Å². The molecule has 8 nitrogen and oxygen atoms in total. The minimum absolute atomic E-state index is 0.00266. The molecular weight excluding hydrogens is 677 g/mol. The van der Waals surface area contributed by atoms with E-state index in [2.05, 4.69) is 0 Å². The maximum atomic E-state index is 12.9. The van der Waals surface area contributed by atoms with E-state index in [9.17, 15) is 19.2 Å². The van der Waals surface area contributed by atoms with E-state index >= 15 is 0 Å². The van der Waals surface area contributed by atoms with E-state index in [1.165, 1.54) is 0 Å². The van der Waals surface area contributed by atoms with E-state index in [0.29, 0.717) is 12.8 Å². The zero-order valence-corrected chi connectivity index (χ0v) is 28.1. The number of benzene rings is 2. The molecule has 0 heterocycles. The Balaban J connectivity index is 2.36. The molecule has 0 amide bonds. The monoisotopic (exact) mass is 702 g/mol. The van der Waals surface area contributed by atoms with Crippen molar-refractivity contribution >= 4 is 93.5 Å². The van der Waals surface area contributed by atoms with Crippen LogP contribution >= 0.6 is 69.6 Å². The van der Waals surface area contributed by atoms with Gasteiger partial charge in [-0.15, -0.1) is 0 Å². The van der Waals surface area contributed by atoms with Gasteiger partial charge in [0.15, 0.2) is 11.5 Å². The van der Waals surface area contributed by atoms with Crippen LogP contribution in [-0.2, 0) is 19.1 Å². The second-order valence-corrected chi connectivity index (χ2v) is 13.8. The van der Waals surface area contributed by atoms with Gasteiger partial charge in [-0.05, 0) is 35.8 Å². The van der Waals surface area contributed by atoms with Gasteiger partial charge in [0.05, 0.1) is 43.3 Å². The lowest BCUT2D eigenvalue weighted by molar-refractivity contribution is -0.156. The zero-order valence-electron chi connectivity index (χ0n) is 23.5. The predicted molar refractivity (Wildman–Crippen MR) is 163 cm³/mol. The fourth-order valence-electron chi connectivity index (χ4n) is 3.03. The smallest absolute Gasteiger partial charge is 0.423 e. The first-order chi connectivity index (χ1) is 19.2. The van der Waals surface area contributed by atoms with Gasteiger partial charge >= 0.3 is 23.9 Å². The van der Waals surface area contributed by atoms with Crippen LogP contribution < -0.4 is 9.47 Å². The molecule has 0 saturated heterocycles. The summed E-state index contributed by atoms with van der Waals surface area (Å²) >= 11 is 36.9. The van der Waals surface area contributed by atoms with Crippen molar-refractivity contribution in [2.45, 2.75) is 54.4 Å². The largest absolute Gasteiger partial charge is 0.462 e. The third-order valence-electron chi connectivity index (χ3n) is 5.39. The Kier molecular flexibility index (Phi) is 12.7. The number of carbonyl (C=O) groups is 4. The maximum absolute atomic E-state index is 12.9. The molecule has 0 bridgehead atoms. The molecule has 0 spiro atoms. The van der Waals surface area contributed by atoms with Crippen LogP contribution in [0.2, 0.25) is 30.1 Å². The first-order valence-electron chi connectivity index (χ1n) is 12.4. The molecule has 0 aliphatic rings. The fourth-order valence-corrected chi connectivity index (χ4v) is 4.47. The highest BCUT2D eigenvalue weighted by molar-refractivity contribution is 6.47. The molecular formula is C28H28Cl6O8. The van der Waals surface area contributed by atoms with E-state index in [-0.39, 0.29) is 54.2 Å². The van der Waals surface area contributed by atoms with Crippen molar-refractivity contribution in [2.75, 3.05) is 13.2 Å². The summed E-state index contributed by atoms with van der Waals surface area (Å²) in [6, 6.07) is 2.21. The van der Waals surface area contributed by atoms with Crippen LogP contribution in [0.25, 0.3) is 0 Å². The van der Waals surface area contributed by atoms with Crippen LogP contribution in [0.15, 0.2) is 12.1 Å². The van der Waals surface area contributed by atoms with Gasteiger partial charge in [-0.25, -0.2) is 19.2 Å². The maximum Gasteiger partial charge on any atom is 0.423 e. The highest BCUT2D eigenvalue weighted by Crippen LogP contribution is 2.42. The number of carbonyl (C=O) groups excluding carboxylic acids is 4. The van der Waals surface area contributed by atoms with Gasteiger partial charge < -0.3 is 18.9 Å². The standard InChI is InChI=1S/C28H28Cl6O8/c1-27(2,3)7-9-39-23(35)17-19(33)13(29)11-15(31)21(17)41-25(37)26(38)42-22-16(32)12-14(30)20(34)18(22)24(36)40-10-8-28(4,5)6/h11-12H,7-10H2,1-6H3. The Morgan fingerprint density at radius 3 is 1.17 bits per heavy atom. The molecule has 42 heavy (non-hydrogen) atoms. The summed E-state index contributed by atoms with van der Waals surface area (Å²) in [7, 11) is 0. The van der Waals surface area contributed by atoms with Crippen LogP contribution in [-0.4, -0.2) is 37.1 Å². The predicted octanol–water partition coefficient (Wildman–Crippen LogP) is 9.30. The topological polar surface area (TPSA) is 105 Å². The summed E-state index contributed by atoms with van der Waals surface area (Å²) in [6.45, 7) is 11.7. The van der Waals surface area contributed by atoms with Gasteiger partial charge in [0, 0.05) is 0 Å². The van der Waals surface area contributed by atoms with E-state index in [1.807, 2.05) is 41.5 Å². The van der Waals surface area contributed by atoms with Gasteiger partial charge in [-0.1, -0.05) is 111 Å². The lowest BCUT2D eigenvalue weighted by Crippen LogP contribution is -2.27. The highest BCUT2D eigenvalue weighted by Gasteiger charge is 2.32. The van der Waals surface area contributed by atoms with Gasteiger partial charge in [0.2, 0.25) is 0 Å². The van der Waals surface area contributed by atoms with Gasteiger partial charge in [-0.2, -0.15) is 0 Å². The van der Waals surface area contributed by atoms with Crippen molar-refractivity contribution < 1.29 is 38.1 Å². The van der Waals surface area contributed by atoms with Crippen LogP contribution in [0.5, 0.6) is 11.5 Å². The van der Waals surface area contributed by atoms with E-state index in [1.54, 1.807) is 0 Å². The van der Waals surface area contributed by atoms with Crippen molar-refractivity contribution in [3.63, 3.8) is 0 Å². The number of rotatable bonds is 8. The normalized spacial score (nSPS) is 11.6. The lowest BCUT2D eigenvalue weighted by Gasteiger charge is -2.19. The third kappa shape index (κ3) is 10.1. The Morgan fingerprint density at radius 2 is 0.881 bits per heavy atom. The Morgan fingerprint density at radius 1 is 0.571 bits per heavy atom. The van der Waals surface area contributed by atoms with Crippen molar-refractivity contribution in [3.05, 3.63) is 53.4 Å². The van der Waals surface area contributed by atoms with Crippen molar-refractivity contribution in [1.82, 2.24) is 0 Å². The Labute approximate surface area is 273 Å². The summed E-state index contributed by atoms with van der Waals surface area (Å²) in [4.78, 5) is 51.4. The van der Waals surface area contributed by atoms with Crippen LogP contribution in [0.3, 0.4) is 0 Å². The van der Waals surface area contributed by atoms with Crippen LogP contribution in [0.1, 0.15) is 75.1 Å². The molecule has 0 saturated carbocycles. The SMILES string of the molecule is CC(C)(C)CCOC(=O)c1c(Cl)c(Cl)cc(Cl)c1OC(=O)C(=O)Oc1c(Cl)cc(Cl)c(Cl)c1C(=O)OCCC(C)(C)C. The summed E-state index contributed by atoms with van der Waals surface area (Å²) in [6.07, 6.45) is 0.995. The van der Waals surface area contributed by atoms with Crippen LogP contribution in [0, 0.1) is 10.8 Å². The van der Waals surface area contributed by atoms with Crippen molar-refractivity contribution in [1.29, 1.82) is 0 Å². The van der Waals surface area contributed by atoms with Gasteiger partial charge in [-0.3, -0.25) is 0 Å². The minimum atomic E-state index is -1.66. The molecule has 0 fully saturated rings. The number of esters is 4. The van der Waals surface area contributed by atoms with Gasteiger partial charge in [0.25, 0.3) is 0 Å². The highest BCUT2D eigenvalue weighted by atomic mass is 35.5. The second-order valence-electron chi connectivity index (χ2n) is 11.4. The molecule has 0 radical (unpaired) electrons. The molecule has 14 heteroatoms. The molecule has 0 N–H and O–H groups in total. The lowest BCUT2D eigenvalue weighted by atomic mass is 9.93. The Hall–Kier alpha value is -1.94. The first kappa shape index (κ1) is 36.3. The molecule has 2 aromatic carbocycles. The number of hydrogen-bond donors (Lipinski definition) is 0. The molecule has 230 valence electrons. The number of hydrogen-bond acceptors (Lipinski definition) is 8. The third-order valence-corrected chi connectivity index (χ3v) is 7.52. The average molecular weight is 705 g/mol. The molecule has 0 aliphatic heterocycles. The summed E-state index contributed by atoms with van der Waals surface area (Å²) in [5.74, 6) is -6.52. The molecule has 0 atom stereocenters. The summed E-state index contributed by atoms with van der Waals surface area (Å²) < 4.78 is 20.7. The number of ether oxygens (including phenoxy) is 4. The molecule has 0 aromatic heterocycles. The molecule has 2 rings (SSSR count). The number of halogens is 6. The van der Waals surface area contributed by atoms with E-state index < -0.39 is 46.5 Å². The van der Waals surface area contributed by atoms with E-state index in [0.717, 1.165) is 12.1 Å². The van der Waals surface area contributed by atoms with E-state index in [4.69, 9.17) is 88.6 Å². The fraction of sp³-hybridized carbons (Fsp3) is 0.429. The van der Waals surface area contributed by atoms with Crippen LogP contribution in [0.4, 0.5) is 0 Å². The van der Waals surface area contributed by atoms with Crippen molar-refractivity contribution in [3.8, 4) is 11.5 Å². The Bertz CT molecular complexity index is 1290.